The van der Waals surface area contributed by atoms with Gasteiger partial charge in [-0.05, 0) is 24.6 Å². The third-order valence-corrected chi connectivity index (χ3v) is 4.15. The smallest absolute Gasteiger partial charge is 0.338 e. The molecule has 0 bridgehead atoms. The van der Waals surface area contributed by atoms with Crippen molar-refractivity contribution in [3.63, 3.8) is 0 Å². The second kappa shape index (κ2) is 5.91. The van der Waals surface area contributed by atoms with Crippen LogP contribution in [0.15, 0.2) is 23.1 Å². The molecule has 0 aromatic heterocycles. The zero-order chi connectivity index (χ0) is 13.0. The molecule has 0 saturated heterocycles. The maximum Gasteiger partial charge on any atom is 0.338 e. The minimum atomic E-state index is -1.34. The molecule has 2 atom stereocenters. The van der Waals surface area contributed by atoms with Crippen molar-refractivity contribution in [1.82, 2.24) is 0 Å². The van der Waals surface area contributed by atoms with Crippen molar-refractivity contribution in [3.8, 4) is 0 Å². The molecule has 0 amide bonds. The highest BCUT2D eigenvalue weighted by molar-refractivity contribution is 7.85. The summed E-state index contributed by atoms with van der Waals surface area (Å²) < 4.78 is 25.2. The maximum atomic E-state index is 13.2. The number of hydrogen-bond donors (Lipinski definition) is 1. The van der Waals surface area contributed by atoms with Crippen LogP contribution in [0.25, 0.3) is 0 Å². The SMILES string of the molecule is CCCC(C)S(=O)c1ccc(F)c(C(=O)O)c1. The molecular formula is C12H15FO3S. The van der Waals surface area contributed by atoms with Crippen LogP contribution in [0.2, 0.25) is 0 Å². The number of aromatic carboxylic acids is 1. The molecule has 1 aromatic carbocycles. The fourth-order valence-electron chi connectivity index (χ4n) is 1.54. The molecule has 0 saturated carbocycles. The molecule has 17 heavy (non-hydrogen) atoms. The van der Waals surface area contributed by atoms with Gasteiger partial charge in [-0.3, -0.25) is 4.21 Å². The third-order valence-electron chi connectivity index (χ3n) is 2.46. The van der Waals surface area contributed by atoms with Crippen LogP contribution in [0, 0.1) is 5.82 Å². The Morgan fingerprint density at radius 2 is 2.18 bits per heavy atom. The van der Waals surface area contributed by atoms with Gasteiger partial charge in [-0.25, -0.2) is 9.18 Å². The van der Waals surface area contributed by atoms with Crippen molar-refractivity contribution in [3.05, 3.63) is 29.6 Å². The fourth-order valence-corrected chi connectivity index (χ4v) is 2.89. The molecule has 0 aliphatic rings. The van der Waals surface area contributed by atoms with Crippen LogP contribution in [0.1, 0.15) is 37.0 Å². The first kappa shape index (κ1) is 13.8. The summed E-state index contributed by atoms with van der Waals surface area (Å²) in [6.07, 6.45) is 1.69. The van der Waals surface area contributed by atoms with Gasteiger partial charge < -0.3 is 5.11 Å². The number of carboxylic acids is 1. The van der Waals surface area contributed by atoms with E-state index in [1.807, 2.05) is 13.8 Å². The lowest BCUT2D eigenvalue weighted by Gasteiger charge is -2.10. The van der Waals surface area contributed by atoms with Gasteiger partial charge >= 0.3 is 5.97 Å². The summed E-state index contributed by atoms with van der Waals surface area (Å²) in [5.41, 5.74) is -0.431. The van der Waals surface area contributed by atoms with Gasteiger partial charge in [-0.1, -0.05) is 20.3 Å². The van der Waals surface area contributed by atoms with Gasteiger partial charge in [0.05, 0.1) is 16.4 Å². The fraction of sp³-hybridized carbons (Fsp3) is 0.417. The number of halogens is 1. The number of carbonyl (C=O) groups is 1. The number of hydrogen-bond acceptors (Lipinski definition) is 2. The summed E-state index contributed by atoms with van der Waals surface area (Å²) >= 11 is 0. The molecule has 0 fully saturated rings. The second-order valence-electron chi connectivity index (χ2n) is 3.84. The van der Waals surface area contributed by atoms with E-state index in [4.69, 9.17) is 5.11 Å². The van der Waals surface area contributed by atoms with Crippen LogP contribution < -0.4 is 0 Å². The van der Waals surface area contributed by atoms with E-state index in [1.54, 1.807) is 0 Å². The molecule has 1 N–H and O–H groups in total. The summed E-state index contributed by atoms with van der Waals surface area (Å²) in [7, 11) is -1.29. The van der Waals surface area contributed by atoms with Crippen molar-refractivity contribution in [2.75, 3.05) is 0 Å². The molecule has 5 heteroatoms. The number of benzene rings is 1. The van der Waals surface area contributed by atoms with E-state index in [0.29, 0.717) is 4.90 Å². The van der Waals surface area contributed by atoms with Crippen LogP contribution in [0.5, 0.6) is 0 Å². The van der Waals surface area contributed by atoms with Crippen LogP contribution in [-0.4, -0.2) is 20.5 Å². The number of carboxylic acid groups (broad SMARTS) is 1. The van der Waals surface area contributed by atoms with Crippen LogP contribution in [0.3, 0.4) is 0 Å². The highest BCUT2D eigenvalue weighted by Crippen LogP contribution is 2.18. The maximum absolute atomic E-state index is 13.2. The van der Waals surface area contributed by atoms with E-state index in [-0.39, 0.29) is 5.25 Å². The van der Waals surface area contributed by atoms with Gasteiger partial charge in [0.25, 0.3) is 0 Å². The Hall–Kier alpha value is -1.23. The van der Waals surface area contributed by atoms with Gasteiger partial charge in [0.15, 0.2) is 0 Å². The summed E-state index contributed by atoms with van der Waals surface area (Å²) in [6, 6.07) is 3.58. The molecule has 3 nitrogen and oxygen atoms in total. The monoisotopic (exact) mass is 258 g/mol. The predicted molar refractivity (Wildman–Crippen MR) is 64.1 cm³/mol. The minimum Gasteiger partial charge on any atom is -0.478 e. The van der Waals surface area contributed by atoms with Gasteiger partial charge in [0.1, 0.15) is 5.82 Å². The van der Waals surface area contributed by atoms with E-state index in [1.165, 1.54) is 6.07 Å². The van der Waals surface area contributed by atoms with E-state index in [0.717, 1.165) is 25.0 Å². The predicted octanol–water partition coefficient (Wildman–Crippen LogP) is 2.82. The summed E-state index contributed by atoms with van der Waals surface area (Å²) in [5, 5.41) is 8.71. The minimum absolute atomic E-state index is 0.0629. The summed E-state index contributed by atoms with van der Waals surface area (Å²) in [6.45, 7) is 3.82. The standard InChI is InChI=1S/C12H15FO3S/c1-3-4-8(2)17(16)9-5-6-11(13)10(7-9)12(14)15/h5-8H,3-4H2,1-2H3,(H,14,15). The summed E-state index contributed by atoms with van der Waals surface area (Å²) in [5.74, 6) is -2.15. The number of rotatable bonds is 5. The molecule has 0 radical (unpaired) electrons. The average molecular weight is 258 g/mol. The van der Waals surface area contributed by atoms with Crippen LogP contribution >= 0.6 is 0 Å². The van der Waals surface area contributed by atoms with E-state index in [9.17, 15) is 13.4 Å². The van der Waals surface area contributed by atoms with Crippen molar-refractivity contribution in [2.45, 2.75) is 36.8 Å². The zero-order valence-electron chi connectivity index (χ0n) is 9.77. The van der Waals surface area contributed by atoms with E-state index >= 15 is 0 Å². The topological polar surface area (TPSA) is 54.4 Å². The molecule has 0 aliphatic heterocycles. The Bertz CT molecular complexity index is 445. The molecule has 0 aliphatic carbocycles. The Morgan fingerprint density at radius 1 is 1.53 bits per heavy atom. The zero-order valence-corrected chi connectivity index (χ0v) is 10.6. The lowest BCUT2D eigenvalue weighted by atomic mass is 10.2. The van der Waals surface area contributed by atoms with Crippen LogP contribution in [0.4, 0.5) is 4.39 Å². The highest BCUT2D eigenvalue weighted by atomic mass is 32.2. The molecule has 1 rings (SSSR count). The Morgan fingerprint density at radius 3 is 2.71 bits per heavy atom. The van der Waals surface area contributed by atoms with Gasteiger partial charge in [0, 0.05) is 10.1 Å². The molecule has 2 unspecified atom stereocenters. The lowest BCUT2D eigenvalue weighted by molar-refractivity contribution is 0.0691. The van der Waals surface area contributed by atoms with Gasteiger partial charge in [-0.2, -0.15) is 0 Å². The van der Waals surface area contributed by atoms with E-state index in [2.05, 4.69) is 0 Å². The molecular weight excluding hydrogens is 243 g/mol. The first-order chi connectivity index (χ1) is 7.97. The second-order valence-corrected chi connectivity index (χ2v) is 5.71. The Balaban J connectivity index is 3.03. The average Bonchev–Trinajstić information content (AvgIpc) is 2.28. The normalized spacial score (nSPS) is 14.3. The molecule has 94 valence electrons. The van der Waals surface area contributed by atoms with Crippen molar-refractivity contribution >= 4 is 16.8 Å². The first-order valence-corrected chi connectivity index (χ1v) is 6.62. The quantitative estimate of drug-likeness (QED) is 0.883. The first-order valence-electron chi connectivity index (χ1n) is 5.40. The third kappa shape index (κ3) is 3.36. The molecule has 1 aromatic rings. The van der Waals surface area contributed by atoms with Crippen molar-refractivity contribution in [1.29, 1.82) is 0 Å². The Kier molecular flexibility index (Phi) is 4.81. The van der Waals surface area contributed by atoms with E-state index < -0.39 is 28.1 Å². The van der Waals surface area contributed by atoms with Crippen LogP contribution in [-0.2, 0) is 10.8 Å². The lowest BCUT2D eigenvalue weighted by Crippen LogP contribution is -2.12. The summed E-state index contributed by atoms with van der Waals surface area (Å²) in [4.78, 5) is 11.1. The molecule has 0 spiro atoms. The molecule has 0 heterocycles. The largest absolute Gasteiger partial charge is 0.478 e. The Labute approximate surface area is 102 Å². The highest BCUT2D eigenvalue weighted by Gasteiger charge is 2.17. The van der Waals surface area contributed by atoms with Gasteiger partial charge in [-0.15, -0.1) is 0 Å². The van der Waals surface area contributed by atoms with Crippen molar-refractivity contribution in [2.24, 2.45) is 0 Å². The van der Waals surface area contributed by atoms with Gasteiger partial charge in [0.2, 0.25) is 0 Å². The van der Waals surface area contributed by atoms with Crippen molar-refractivity contribution < 1.29 is 18.5 Å².